The molecule has 7 nitrogen and oxygen atoms in total. The van der Waals surface area contributed by atoms with Gasteiger partial charge in [-0.3, -0.25) is 19.6 Å². The second-order valence-electron chi connectivity index (χ2n) is 3.78. The molecule has 0 bridgehead atoms. The Morgan fingerprint density at radius 1 is 1.68 bits per heavy atom. The van der Waals surface area contributed by atoms with Crippen LogP contribution in [0.1, 0.15) is 18.2 Å². The Balaban J connectivity index is 3.11. The van der Waals surface area contributed by atoms with E-state index in [0.717, 1.165) is 12.3 Å². The van der Waals surface area contributed by atoms with Gasteiger partial charge in [-0.15, -0.1) is 6.58 Å². The quantitative estimate of drug-likeness (QED) is 0.309. The highest BCUT2D eigenvalue weighted by molar-refractivity contribution is 5.89. The van der Waals surface area contributed by atoms with E-state index in [0.29, 0.717) is 0 Å². The summed E-state index contributed by atoms with van der Waals surface area (Å²) in [6, 6.07) is 0. The van der Waals surface area contributed by atoms with E-state index in [1.165, 1.54) is 10.8 Å². The summed E-state index contributed by atoms with van der Waals surface area (Å²) in [5.41, 5.74) is 0.0791. The summed E-state index contributed by atoms with van der Waals surface area (Å²) in [6.07, 6.45) is 3.02. The van der Waals surface area contributed by atoms with Crippen molar-refractivity contribution in [3.05, 3.63) is 47.3 Å². The molecule has 7 heteroatoms. The van der Waals surface area contributed by atoms with Crippen LogP contribution in [-0.2, 0) is 16.6 Å². The van der Waals surface area contributed by atoms with Crippen LogP contribution >= 0.6 is 0 Å². The van der Waals surface area contributed by atoms with Crippen molar-refractivity contribution in [1.82, 2.24) is 9.78 Å². The smallest absolute Gasteiger partial charge is 0.312 e. The number of nitro groups is 1. The lowest BCUT2D eigenvalue weighted by Crippen LogP contribution is -2.14. The SMILES string of the molecule is C=CCO[C@H](CC(=O)C=C)c1c([N+](=O)[O-])cnn1C. The van der Waals surface area contributed by atoms with Crippen molar-refractivity contribution in [2.24, 2.45) is 7.05 Å². The number of ketones is 1. The van der Waals surface area contributed by atoms with Crippen LogP contribution in [0.2, 0.25) is 0 Å². The number of carbonyl (C=O) groups excluding carboxylic acids is 1. The Kier molecular flexibility index (Phi) is 5.13. The lowest BCUT2D eigenvalue weighted by atomic mass is 10.1. The van der Waals surface area contributed by atoms with Crippen LogP contribution < -0.4 is 0 Å². The van der Waals surface area contributed by atoms with Gasteiger partial charge in [0.1, 0.15) is 18.0 Å². The van der Waals surface area contributed by atoms with Crippen molar-refractivity contribution in [1.29, 1.82) is 0 Å². The van der Waals surface area contributed by atoms with Gasteiger partial charge in [-0.05, 0) is 6.08 Å². The maximum Gasteiger partial charge on any atom is 0.312 e. The zero-order chi connectivity index (χ0) is 14.4. The second-order valence-corrected chi connectivity index (χ2v) is 3.78. The van der Waals surface area contributed by atoms with Crippen molar-refractivity contribution in [2.45, 2.75) is 12.5 Å². The van der Waals surface area contributed by atoms with Crippen molar-refractivity contribution < 1.29 is 14.5 Å². The van der Waals surface area contributed by atoms with Crippen LogP contribution in [0.15, 0.2) is 31.5 Å². The molecule has 0 aliphatic heterocycles. The van der Waals surface area contributed by atoms with Gasteiger partial charge < -0.3 is 4.74 Å². The number of ether oxygens (including phenoxy) is 1. The number of rotatable bonds is 8. The Bertz CT molecular complexity index is 507. The zero-order valence-corrected chi connectivity index (χ0v) is 10.6. The minimum absolute atomic E-state index is 0.0300. The van der Waals surface area contributed by atoms with Gasteiger partial charge in [0.2, 0.25) is 0 Å². The molecule has 1 heterocycles. The van der Waals surface area contributed by atoms with Gasteiger partial charge in [0.25, 0.3) is 0 Å². The molecule has 0 fully saturated rings. The molecule has 0 amide bonds. The first kappa shape index (κ1) is 14.8. The Morgan fingerprint density at radius 2 is 2.37 bits per heavy atom. The topological polar surface area (TPSA) is 87.3 Å². The highest BCUT2D eigenvalue weighted by Crippen LogP contribution is 2.29. The van der Waals surface area contributed by atoms with E-state index in [4.69, 9.17) is 4.74 Å². The van der Waals surface area contributed by atoms with E-state index in [1.807, 2.05) is 0 Å². The molecule has 1 atom stereocenters. The first-order valence-corrected chi connectivity index (χ1v) is 5.55. The van der Waals surface area contributed by atoms with Crippen LogP contribution in [0.4, 0.5) is 5.69 Å². The van der Waals surface area contributed by atoms with Gasteiger partial charge in [0, 0.05) is 13.5 Å². The molecule has 102 valence electrons. The van der Waals surface area contributed by atoms with Crippen molar-refractivity contribution in [2.75, 3.05) is 6.61 Å². The molecule has 0 saturated carbocycles. The van der Waals surface area contributed by atoms with Gasteiger partial charge in [0.15, 0.2) is 5.78 Å². The number of allylic oxidation sites excluding steroid dienone is 1. The molecule has 1 rings (SSSR count). The maximum absolute atomic E-state index is 11.4. The first-order chi connectivity index (χ1) is 9.01. The van der Waals surface area contributed by atoms with Crippen LogP contribution in [0.5, 0.6) is 0 Å². The summed E-state index contributed by atoms with van der Waals surface area (Å²) in [5, 5.41) is 14.8. The second kappa shape index (κ2) is 6.60. The monoisotopic (exact) mass is 265 g/mol. The van der Waals surface area contributed by atoms with Crippen molar-refractivity contribution >= 4 is 11.5 Å². The van der Waals surface area contributed by atoms with Gasteiger partial charge in [-0.1, -0.05) is 12.7 Å². The Hall–Kier alpha value is -2.28. The lowest BCUT2D eigenvalue weighted by molar-refractivity contribution is -0.386. The summed E-state index contributed by atoms with van der Waals surface area (Å²) >= 11 is 0. The highest BCUT2D eigenvalue weighted by Gasteiger charge is 2.28. The van der Waals surface area contributed by atoms with Crippen LogP contribution in [0, 0.1) is 10.1 Å². The Labute approximate surface area is 110 Å². The third kappa shape index (κ3) is 3.59. The van der Waals surface area contributed by atoms with E-state index in [2.05, 4.69) is 18.3 Å². The average Bonchev–Trinajstić information content (AvgIpc) is 2.76. The van der Waals surface area contributed by atoms with Crippen molar-refractivity contribution in [3.63, 3.8) is 0 Å². The summed E-state index contributed by atoms with van der Waals surface area (Å²) in [6.45, 7) is 7.06. The lowest BCUT2D eigenvalue weighted by Gasteiger charge is -2.15. The first-order valence-electron chi connectivity index (χ1n) is 5.55. The highest BCUT2D eigenvalue weighted by atomic mass is 16.6. The normalized spacial score (nSPS) is 11.8. The summed E-state index contributed by atoms with van der Waals surface area (Å²) in [5.74, 6) is -0.260. The largest absolute Gasteiger partial charge is 0.367 e. The molecule has 1 aromatic rings. The fraction of sp³-hybridized carbons (Fsp3) is 0.333. The molecular weight excluding hydrogens is 250 g/mol. The minimum Gasteiger partial charge on any atom is -0.367 e. The summed E-state index contributed by atoms with van der Waals surface area (Å²) in [7, 11) is 1.56. The van der Waals surface area contributed by atoms with Gasteiger partial charge in [0.05, 0.1) is 11.5 Å². The molecule has 0 unspecified atom stereocenters. The van der Waals surface area contributed by atoms with Gasteiger partial charge in [-0.25, -0.2) is 0 Å². The summed E-state index contributed by atoms with van der Waals surface area (Å²) < 4.78 is 6.76. The maximum atomic E-state index is 11.4. The fourth-order valence-corrected chi connectivity index (χ4v) is 1.63. The number of nitrogens with zero attached hydrogens (tertiary/aromatic N) is 3. The Morgan fingerprint density at radius 3 is 2.89 bits per heavy atom. The third-order valence-electron chi connectivity index (χ3n) is 2.50. The summed E-state index contributed by atoms with van der Waals surface area (Å²) in [4.78, 5) is 21.8. The van der Waals surface area contributed by atoms with E-state index in [9.17, 15) is 14.9 Å². The van der Waals surface area contributed by atoms with E-state index in [1.54, 1.807) is 7.05 Å². The molecule has 19 heavy (non-hydrogen) atoms. The molecule has 0 N–H and O–H groups in total. The minimum atomic E-state index is -0.753. The van der Waals surface area contributed by atoms with E-state index >= 15 is 0 Å². The number of hydrogen-bond acceptors (Lipinski definition) is 5. The predicted molar refractivity (Wildman–Crippen MR) is 68.6 cm³/mol. The number of aromatic nitrogens is 2. The van der Waals surface area contributed by atoms with Gasteiger partial charge in [-0.2, -0.15) is 5.10 Å². The number of hydrogen-bond donors (Lipinski definition) is 0. The molecule has 0 aliphatic carbocycles. The molecule has 0 spiro atoms. The zero-order valence-electron chi connectivity index (χ0n) is 10.6. The van der Waals surface area contributed by atoms with Gasteiger partial charge >= 0.3 is 5.69 Å². The third-order valence-corrected chi connectivity index (χ3v) is 2.50. The molecule has 0 saturated heterocycles. The van der Waals surface area contributed by atoms with Crippen molar-refractivity contribution in [3.8, 4) is 0 Å². The van der Waals surface area contributed by atoms with E-state index in [-0.39, 0.29) is 30.2 Å². The van der Waals surface area contributed by atoms with Crippen LogP contribution in [-0.4, -0.2) is 27.1 Å². The average molecular weight is 265 g/mol. The molecule has 0 aliphatic rings. The number of carbonyl (C=O) groups is 1. The molecular formula is C12H15N3O4. The fourth-order valence-electron chi connectivity index (χ4n) is 1.63. The predicted octanol–water partition coefficient (Wildman–Crippen LogP) is 1.72. The van der Waals surface area contributed by atoms with Crippen LogP contribution in [0.25, 0.3) is 0 Å². The molecule has 0 aromatic carbocycles. The molecule has 1 aromatic heterocycles. The standard InChI is InChI=1S/C12H15N3O4/c1-4-6-19-11(7-9(16)5-2)12-10(15(17)18)8-13-14(12)3/h4-5,8,11H,1-2,6-7H2,3H3/t11-/m1/s1. The number of aryl methyl sites for hydroxylation is 1. The van der Waals surface area contributed by atoms with Crippen LogP contribution in [0.3, 0.4) is 0 Å². The van der Waals surface area contributed by atoms with E-state index < -0.39 is 11.0 Å². The molecule has 0 radical (unpaired) electrons.